The summed E-state index contributed by atoms with van der Waals surface area (Å²) in [6, 6.07) is 1.39. The number of hydrogen-bond acceptors (Lipinski definition) is 4. The molecule has 0 bridgehead atoms. The van der Waals surface area contributed by atoms with Gasteiger partial charge in [0, 0.05) is 17.1 Å². The number of hydrogen-bond donors (Lipinski definition) is 1. The van der Waals surface area contributed by atoms with E-state index in [2.05, 4.69) is 4.98 Å². The fourth-order valence-electron chi connectivity index (χ4n) is 1.67. The predicted octanol–water partition coefficient (Wildman–Crippen LogP) is 2.20. The Morgan fingerprint density at radius 1 is 1.50 bits per heavy atom. The van der Waals surface area contributed by atoms with Crippen LogP contribution in [0.1, 0.15) is 38.5 Å². The van der Waals surface area contributed by atoms with E-state index in [1.54, 1.807) is 6.20 Å². The number of ketones is 1. The second-order valence-electron chi connectivity index (χ2n) is 3.96. The molecule has 5 nitrogen and oxygen atoms in total. The van der Waals surface area contributed by atoms with Crippen LogP contribution in [0.2, 0.25) is 0 Å². The molecule has 0 aliphatic rings. The highest BCUT2D eigenvalue weighted by Crippen LogP contribution is 2.14. The largest absolute Gasteiger partial charge is 0.477 e. The zero-order valence-electron chi connectivity index (χ0n) is 10.0. The molecule has 0 atom stereocenters. The summed E-state index contributed by atoms with van der Waals surface area (Å²) in [5, 5.41) is 11.9. The highest BCUT2D eigenvalue weighted by Gasteiger charge is 2.15. The molecule has 1 N–H and O–H groups in total. The summed E-state index contributed by atoms with van der Waals surface area (Å²) in [5.74, 6) is -1.19. The standard InChI is InChI=1S/C12H12N2O3S/c1-7(15)9-3-11(12(16)17)14(4-9)5-10-6-18-8(2)13-10/h3-4,6H,5H2,1-2H3,(H,16,17). The lowest BCUT2D eigenvalue weighted by atomic mass is 10.2. The third-order valence-electron chi connectivity index (χ3n) is 2.52. The zero-order valence-corrected chi connectivity index (χ0v) is 10.8. The van der Waals surface area contributed by atoms with Gasteiger partial charge in [-0.2, -0.15) is 0 Å². The maximum atomic E-state index is 11.3. The number of carboxylic acids is 1. The van der Waals surface area contributed by atoms with Crippen molar-refractivity contribution in [3.63, 3.8) is 0 Å². The Kier molecular flexibility index (Phi) is 3.29. The van der Waals surface area contributed by atoms with Crippen molar-refractivity contribution in [2.24, 2.45) is 0 Å². The van der Waals surface area contributed by atoms with Gasteiger partial charge in [0.15, 0.2) is 5.78 Å². The Labute approximate surface area is 108 Å². The van der Waals surface area contributed by atoms with Crippen LogP contribution in [-0.2, 0) is 6.54 Å². The van der Waals surface area contributed by atoms with Crippen molar-refractivity contribution in [1.29, 1.82) is 0 Å². The van der Waals surface area contributed by atoms with E-state index >= 15 is 0 Å². The quantitative estimate of drug-likeness (QED) is 0.859. The van der Waals surface area contributed by atoms with Crippen LogP contribution in [0.25, 0.3) is 0 Å². The van der Waals surface area contributed by atoms with Crippen molar-refractivity contribution in [2.75, 3.05) is 0 Å². The minimum absolute atomic E-state index is 0.103. The molecule has 0 aliphatic heterocycles. The average molecular weight is 264 g/mol. The highest BCUT2D eigenvalue weighted by atomic mass is 32.1. The highest BCUT2D eigenvalue weighted by molar-refractivity contribution is 7.09. The van der Waals surface area contributed by atoms with Crippen LogP contribution in [0.5, 0.6) is 0 Å². The maximum absolute atomic E-state index is 11.3. The second-order valence-corrected chi connectivity index (χ2v) is 5.02. The molecule has 18 heavy (non-hydrogen) atoms. The average Bonchev–Trinajstić information content (AvgIpc) is 2.85. The van der Waals surface area contributed by atoms with Crippen molar-refractivity contribution < 1.29 is 14.7 Å². The SMILES string of the molecule is CC(=O)c1cc(C(=O)O)n(Cc2csc(C)n2)c1. The smallest absolute Gasteiger partial charge is 0.352 e. The summed E-state index contributed by atoms with van der Waals surface area (Å²) in [5.41, 5.74) is 1.30. The molecule has 0 aliphatic carbocycles. The third-order valence-corrected chi connectivity index (χ3v) is 3.34. The first-order valence-electron chi connectivity index (χ1n) is 5.33. The summed E-state index contributed by atoms with van der Waals surface area (Å²) in [7, 11) is 0. The number of thiazole rings is 1. The Hall–Kier alpha value is -1.95. The molecule has 0 unspecified atom stereocenters. The normalized spacial score (nSPS) is 10.6. The van der Waals surface area contributed by atoms with E-state index in [4.69, 9.17) is 5.11 Å². The molecule has 0 saturated carbocycles. The minimum atomic E-state index is -1.05. The Morgan fingerprint density at radius 2 is 2.22 bits per heavy atom. The van der Waals surface area contributed by atoms with Crippen molar-refractivity contribution in [3.8, 4) is 0 Å². The van der Waals surface area contributed by atoms with Crippen LogP contribution in [0.3, 0.4) is 0 Å². The van der Waals surface area contributed by atoms with Crippen LogP contribution in [0.4, 0.5) is 0 Å². The van der Waals surface area contributed by atoms with Gasteiger partial charge in [-0.3, -0.25) is 4.79 Å². The number of Topliss-reactive ketones (excluding diaryl/α,β-unsaturated/α-hetero) is 1. The van der Waals surface area contributed by atoms with Gasteiger partial charge in [0.05, 0.1) is 17.2 Å². The number of aromatic nitrogens is 2. The summed E-state index contributed by atoms with van der Waals surface area (Å²) >= 11 is 1.51. The number of carbonyl (C=O) groups excluding carboxylic acids is 1. The van der Waals surface area contributed by atoms with Gasteiger partial charge in [-0.05, 0) is 19.9 Å². The molecule has 0 saturated heterocycles. The fourth-order valence-corrected chi connectivity index (χ4v) is 2.27. The molecule has 94 valence electrons. The number of carbonyl (C=O) groups is 2. The molecule has 0 spiro atoms. The predicted molar refractivity (Wildman–Crippen MR) is 67.3 cm³/mol. The lowest BCUT2D eigenvalue weighted by Crippen LogP contribution is -2.08. The topological polar surface area (TPSA) is 72.2 Å². The first kappa shape index (κ1) is 12.5. The molecule has 0 amide bonds. The molecule has 2 heterocycles. The van der Waals surface area contributed by atoms with Gasteiger partial charge in [-0.15, -0.1) is 11.3 Å². The molecule has 2 aromatic rings. The van der Waals surface area contributed by atoms with Crippen molar-refractivity contribution in [1.82, 2.24) is 9.55 Å². The van der Waals surface area contributed by atoms with Gasteiger partial charge in [0.25, 0.3) is 0 Å². The zero-order chi connectivity index (χ0) is 13.3. The van der Waals surface area contributed by atoms with Gasteiger partial charge >= 0.3 is 5.97 Å². The van der Waals surface area contributed by atoms with Gasteiger partial charge in [-0.1, -0.05) is 0 Å². The number of aromatic carboxylic acids is 1. The van der Waals surface area contributed by atoms with E-state index in [1.165, 1.54) is 28.9 Å². The number of rotatable bonds is 4. The fraction of sp³-hybridized carbons (Fsp3) is 0.250. The van der Waals surface area contributed by atoms with Gasteiger partial charge < -0.3 is 9.67 Å². The van der Waals surface area contributed by atoms with Crippen LogP contribution < -0.4 is 0 Å². The monoisotopic (exact) mass is 264 g/mol. The van der Waals surface area contributed by atoms with Crippen molar-refractivity contribution >= 4 is 23.1 Å². The van der Waals surface area contributed by atoms with E-state index in [1.807, 2.05) is 12.3 Å². The minimum Gasteiger partial charge on any atom is -0.477 e. The Balaban J connectivity index is 2.36. The van der Waals surface area contributed by atoms with Crippen molar-refractivity contribution in [2.45, 2.75) is 20.4 Å². The van der Waals surface area contributed by atoms with Crippen molar-refractivity contribution in [3.05, 3.63) is 39.6 Å². The number of aryl methyl sites for hydroxylation is 1. The lowest BCUT2D eigenvalue weighted by molar-refractivity contribution is 0.0685. The van der Waals surface area contributed by atoms with E-state index < -0.39 is 5.97 Å². The van der Waals surface area contributed by atoms with Gasteiger partial charge in [-0.25, -0.2) is 9.78 Å². The first-order valence-corrected chi connectivity index (χ1v) is 6.20. The van der Waals surface area contributed by atoms with E-state index in [9.17, 15) is 9.59 Å². The molecule has 0 fully saturated rings. The van der Waals surface area contributed by atoms with Crippen LogP contribution in [0, 0.1) is 6.92 Å². The third kappa shape index (κ3) is 2.48. The summed E-state index contributed by atoms with van der Waals surface area (Å²) in [6.07, 6.45) is 1.56. The van der Waals surface area contributed by atoms with Crippen LogP contribution >= 0.6 is 11.3 Å². The Morgan fingerprint density at radius 3 is 2.72 bits per heavy atom. The summed E-state index contributed by atoms with van der Waals surface area (Å²) in [4.78, 5) is 26.7. The van der Waals surface area contributed by atoms with Gasteiger partial charge in [0.1, 0.15) is 5.69 Å². The second kappa shape index (κ2) is 4.73. The molecule has 0 radical (unpaired) electrons. The molecular formula is C12H12N2O3S. The molecular weight excluding hydrogens is 252 g/mol. The van der Waals surface area contributed by atoms with E-state index in [-0.39, 0.29) is 11.5 Å². The summed E-state index contributed by atoms with van der Waals surface area (Å²) < 4.78 is 1.54. The number of carboxylic acid groups (broad SMARTS) is 1. The maximum Gasteiger partial charge on any atom is 0.352 e. The first-order chi connectivity index (χ1) is 8.47. The molecule has 6 heteroatoms. The number of nitrogens with zero attached hydrogens (tertiary/aromatic N) is 2. The molecule has 2 rings (SSSR count). The molecule has 0 aromatic carbocycles. The van der Waals surface area contributed by atoms with Crippen LogP contribution in [-0.4, -0.2) is 26.4 Å². The summed E-state index contributed by atoms with van der Waals surface area (Å²) in [6.45, 7) is 3.67. The Bertz CT molecular complexity index is 613. The van der Waals surface area contributed by atoms with Gasteiger partial charge in [0.2, 0.25) is 0 Å². The van der Waals surface area contributed by atoms with E-state index in [0.717, 1.165) is 10.7 Å². The molecule has 2 aromatic heterocycles. The lowest BCUT2D eigenvalue weighted by Gasteiger charge is -2.02. The van der Waals surface area contributed by atoms with E-state index in [0.29, 0.717) is 12.1 Å². The van der Waals surface area contributed by atoms with Crippen LogP contribution in [0.15, 0.2) is 17.6 Å².